The molecule has 0 atom stereocenters. The molecule has 88 valence electrons. The maximum absolute atomic E-state index is 5.75. The maximum atomic E-state index is 5.75. The van der Waals surface area contributed by atoms with Gasteiger partial charge in [-0.1, -0.05) is 39.7 Å². The lowest BCUT2D eigenvalue weighted by Gasteiger charge is -2.08. The number of pyridine rings is 1. The van der Waals surface area contributed by atoms with E-state index in [1.54, 1.807) is 6.07 Å². The van der Waals surface area contributed by atoms with Crippen molar-refractivity contribution < 1.29 is 4.74 Å². The van der Waals surface area contributed by atoms with Crippen molar-refractivity contribution in [3.05, 3.63) is 51.6 Å². The summed E-state index contributed by atoms with van der Waals surface area (Å²) in [5, 5.41) is 0.498. The number of rotatable bonds is 3. The molecule has 0 radical (unpaired) electrons. The highest BCUT2D eigenvalue weighted by atomic mass is 79.9. The Hall–Kier alpha value is -1.26. The standard InChI is InChI=1S/C12H10BrClN2O/c13-9-3-1-2-8(4-9)7-17-12-11(15)5-10(14)6-16-12/h1-6H,7,15H2. The van der Waals surface area contributed by atoms with Crippen LogP contribution in [0.3, 0.4) is 0 Å². The van der Waals surface area contributed by atoms with Crippen LogP contribution in [0.15, 0.2) is 41.0 Å². The first-order chi connectivity index (χ1) is 8.15. The molecule has 0 amide bonds. The SMILES string of the molecule is Nc1cc(Cl)cnc1OCc1cccc(Br)c1. The second-order valence-corrected chi connectivity index (χ2v) is 4.82. The number of hydrogen-bond donors (Lipinski definition) is 1. The fourth-order valence-corrected chi connectivity index (χ4v) is 1.95. The third-order valence-electron chi connectivity index (χ3n) is 2.11. The predicted molar refractivity (Wildman–Crippen MR) is 72.1 cm³/mol. The summed E-state index contributed by atoms with van der Waals surface area (Å²) >= 11 is 9.15. The van der Waals surface area contributed by atoms with E-state index >= 15 is 0 Å². The molecule has 5 heteroatoms. The topological polar surface area (TPSA) is 48.1 Å². The molecule has 0 spiro atoms. The molecule has 0 aliphatic heterocycles. The Kier molecular flexibility index (Phi) is 3.86. The van der Waals surface area contributed by atoms with E-state index in [0.717, 1.165) is 10.0 Å². The summed E-state index contributed by atoms with van der Waals surface area (Å²) in [6.45, 7) is 0.415. The molecule has 3 nitrogen and oxygen atoms in total. The van der Waals surface area contributed by atoms with Gasteiger partial charge < -0.3 is 10.5 Å². The van der Waals surface area contributed by atoms with Crippen LogP contribution in [0.1, 0.15) is 5.56 Å². The van der Waals surface area contributed by atoms with Gasteiger partial charge in [0.25, 0.3) is 0 Å². The Morgan fingerprint density at radius 3 is 2.88 bits per heavy atom. The van der Waals surface area contributed by atoms with E-state index in [4.69, 9.17) is 22.1 Å². The first kappa shape index (κ1) is 12.2. The monoisotopic (exact) mass is 312 g/mol. The third kappa shape index (κ3) is 3.35. The fourth-order valence-electron chi connectivity index (χ4n) is 1.34. The Bertz CT molecular complexity index is 534. The van der Waals surface area contributed by atoms with Gasteiger partial charge in [-0.25, -0.2) is 4.98 Å². The van der Waals surface area contributed by atoms with Crippen LogP contribution >= 0.6 is 27.5 Å². The number of nitrogen functional groups attached to an aromatic ring is 1. The first-order valence-corrected chi connectivity index (χ1v) is 6.10. The van der Waals surface area contributed by atoms with Crippen LogP contribution in [0.4, 0.5) is 5.69 Å². The van der Waals surface area contributed by atoms with Gasteiger partial charge in [-0.15, -0.1) is 0 Å². The highest BCUT2D eigenvalue weighted by molar-refractivity contribution is 9.10. The van der Waals surface area contributed by atoms with Gasteiger partial charge in [0.05, 0.1) is 10.7 Å². The molecule has 1 heterocycles. The van der Waals surface area contributed by atoms with Crippen LogP contribution in [0.2, 0.25) is 5.02 Å². The average molecular weight is 314 g/mol. The van der Waals surface area contributed by atoms with E-state index < -0.39 is 0 Å². The van der Waals surface area contributed by atoms with Gasteiger partial charge in [0.15, 0.2) is 0 Å². The molecule has 2 aromatic rings. The zero-order valence-corrected chi connectivity index (χ0v) is 11.2. The van der Waals surface area contributed by atoms with Crippen LogP contribution in [-0.4, -0.2) is 4.98 Å². The van der Waals surface area contributed by atoms with Crippen molar-refractivity contribution in [3.63, 3.8) is 0 Å². The van der Waals surface area contributed by atoms with Crippen LogP contribution in [0, 0.1) is 0 Å². The highest BCUT2D eigenvalue weighted by Gasteiger charge is 2.03. The summed E-state index contributed by atoms with van der Waals surface area (Å²) in [4.78, 5) is 4.02. The molecule has 0 aliphatic carbocycles. The Labute approximate surface area is 113 Å². The van der Waals surface area contributed by atoms with E-state index in [0.29, 0.717) is 23.2 Å². The van der Waals surface area contributed by atoms with Gasteiger partial charge >= 0.3 is 0 Å². The van der Waals surface area contributed by atoms with Crippen molar-refractivity contribution in [1.82, 2.24) is 4.98 Å². The van der Waals surface area contributed by atoms with E-state index in [9.17, 15) is 0 Å². The van der Waals surface area contributed by atoms with E-state index in [-0.39, 0.29) is 0 Å². The molecule has 0 saturated carbocycles. The summed E-state index contributed by atoms with van der Waals surface area (Å²) in [6.07, 6.45) is 1.51. The zero-order chi connectivity index (χ0) is 12.3. The molecule has 2 rings (SSSR count). The zero-order valence-electron chi connectivity index (χ0n) is 8.86. The van der Waals surface area contributed by atoms with Gasteiger partial charge in [-0.2, -0.15) is 0 Å². The predicted octanol–water partition coefficient (Wildman–Crippen LogP) is 3.66. The molecule has 0 aliphatic rings. The molecule has 2 N–H and O–H groups in total. The number of halogens is 2. The molecule has 0 saturated heterocycles. The maximum Gasteiger partial charge on any atom is 0.237 e. The van der Waals surface area contributed by atoms with Gasteiger partial charge in [-0.3, -0.25) is 0 Å². The molecule has 17 heavy (non-hydrogen) atoms. The molecule has 0 fully saturated rings. The molecular weight excluding hydrogens is 304 g/mol. The highest BCUT2D eigenvalue weighted by Crippen LogP contribution is 2.22. The molecule has 1 aromatic heterocycles. The summed E-state index contributed by atoms with van der Waals surface area (Å²) in [5.74, 6) is 0.398. The van der Waals surface area contributed by atoms with Crippen molar-refractivity contribution in [2.45, 2.75) is 6.61 Å². The largest absolute Gasteiger partial charge is 0.471 e. The second-order valence-electron chi connectivity index (χ2n) is 3.47. The lowest BCUT2D eigenvalue weighted by atomic mass is 10.2. The Morgan fingerprint density at radius 1 is 1.35 bits per heavy atom. The number of nitrogens with zero attached hydrogens (tertiary/aromatic N) is 1. The van der Waals surface area contributed by atoms with Crippen molar-refractivity contribution in [1.29, 1.82) is 0 Å². The average Bonchev–Trinajstić information content (AvgIpc) is 2.28. The number of hydrogen-bond acceptors (Lipinski definition) is 3. The van der Waals surface area contributed by atoms with Gasteiger partial charge in [0.2, 0.25) is 5.88 Å². The van der Waals surface area contributed by atoms with Crippen molar-refractivity contribution in [2.24, 2.45) is 0 Å². The Balaban J connectivity index is 2.07. The van der Waals surface area contributed by atoms with Crippen molar-refractivity contribution >= 4 is 33.2 Å². The van der Waals surface area contributed by atoms with E-state index in [1.165, 1.54) is 6.20 Å². The van der Waals surface area contributed by atoms with Crippen LogP contribution in [0.5, 0.6) is 5.88 Å². The van der Waals surface area contributed by atoms with Crippen LogP contribution < -0.4 is 10.5 Å². The smallest absolute Gasteiger partial charge is 0.237 e. The van der Waals surface area contributed by atoms with E-state index in [2.05, 4.69) is 20.9 Å². The number of ether oxygens (including phenoxy) is 1. The van der Waals surface area contributed by atoms with Crippen molar-refractivity contribution in [3.8, 4) is 5.88 Å². The number of anilines is 1. The van der Waals surface area contributed by atoms with Gasteiger partial charge in [-0.05, 0) is 23.8 Å². The number of benzene rings is 1. The fraction of sp³-hybridized carbons (Fsp3) is 0.0833. The molecule has 0 unspecified atom stereocenters. The van der Waals surface area contributed by atoms with E-state index in [1.807, 2.05) is 24.3 Å². The lowest BCUT2D eigenvalue weighted by molar-refractivity contribution is 0.296. The summed E-state index contributed by atoms with van der Waals surface area (Å²) < 4.78 is 6.53. The quantitative estimate of drug-likeness (QED) is 0.940. The normalized spacial score (nSPS) is 10.2. The minimum absolute atomic E-state index is 0.398. The lowest BCUT2D eigenvalue weighted by Crippen LogP contribution is -2.00. The molecule has 0 bridgehead atoms. The Morgan fingerprint density at radius 2 is 2.18 bits per heavy atom. The molecule has 1 aromatic carbocycles. The summed E-state index contributed by atoms with van der Waals surface area (Å²) in [7, 11) is 0. The summed E-state index contributed by atoms with van der Waals surface area (Å²) in [6, 6.07) is 9.47. The minimum atomic E-state index is 0.398. The first-order valence-electron chi connectivity index (χ1n) is 4.93. The number of aromatic nitrogens is 1. The second kappa shape index (κ2) is 5.38. The van der Waals surface area contributed by atoms with Crippen LogP contribution in [0.25, 0.3) is 0 Å². The van der Waals surface area contributed by atoms with Gasteiger partial charge in [0.1, 0.15) is 6.61 Å². The molecular formula is C12H10BrClN2O. The van der Waals surface area contributed by atoms with Crippen molar-refractivity contribution in [2.75, 3.05) is 5.73 Å². The van der Waals surface area contributed by atoms with Gasteiger partial charge in [0, 0.05) is 10.7 Å². The van der Waals surface area contributed by atoms with Crippen LogP contribution in [-0.2, 0) is 6.61 Å². The minimum Gasteiger partial charge on any atom is -0.471 e. The number of nitrogens with two attached hydrogens (primary N) is 1. The third-order valence-corrected chi connectivity index (χ3v) is 2.81. The summed E-state index contributed by atoms with van der Waals surface area (Å²) in [5.41, 5.74) is 7.21.